The highest BCUT2D eigenvalue weighted by Gasteiger charge is 2.17. The molecule has 8 heteroatoms. The lowest BCUT2D eigenvalue weighted by molar-refractivity contribution is 0.0506. The number of methoxy groups -OCH3 is 1. The molecule has 1 rings (SSSR count). The Labute approximate surface area is 136 Å². The molecule has 1 aromatic heterocycles. The van der Waals surface area contributed by atoms with Crippen molar-refractivity contribution in [2.24, 2.45) is 0 Å². The van der Waals surface area contributed by atoms with Crippen LogP contribution in [0.25, 0.3) is 0 Å². The van der Waals surface area contributed by atoms with Gasteiger partial charge in [0.1, 0.15) is 11.4 Å². The SMILES string of the molecule is COC(=O)c1nccc(NCC[C@@H](C)NC(=O)OC(C)(C)C)n1. The fourth-order valence-electron chi connectivity index (χ4n) is 1.64. The van der Waals surface area contributed by atoms with E-state index in [1.165, 1.54) is 13.3 Å². The standard InChI is InChI=1S/C15H24N4O4/c1-10(18-14(21)23-15(2,3)4)6-8-16-11-7-9-17-12(19-11)13(20)22-5/h7,9-10H,6,8H2,1-5H3,(H,18,21)(H,16,17,19)/t10-/m1/s1. The van der Waals surface area contributed by atoms with Crippen LogP contribution in [-0.4, -0.2) is 47.3 Å². The van der Waals surface area contributed by atoms with Crippen LogP contribution in [0.3, 0.4) is 0 Å². The van der Waals surface area contributed by atoms with Gasteiger partial charge in [-0.15, -0.1) is 0 Å². The minimum atomic E-state index is -0.589. The minimum Gasteiger partial charge on any atom is -0.463 e. The van der Waals surface area contributed by atoms with E-state index in [2.05, 4.69) is 25.3 Å². The van der Waals surface area contributed by atoms with Crippen LogP contribution < -0.4 is 10.6 Å². The van der Waals surface area contributed by atoms with Crippen molar-refractivity contribution in [3.8, 4) is 0 Å². The second-order valence-electron chi connectivity index (χ2n) is 6.02. The summed E-state index contributed by atoms with van der Waals surface area (Å²) in [6.45, 7) is 7.88. The van der Waals surface area contributed by atoms with Crippen LogP contribution in [0.4, 0.5) is 10.6 Å². The van der Waals surface area contributed by atoms with Crippen molar-refractivity contribution < 1.29 is 19.1 Å². The highest BCUT2D eigenvalue weighted by atomic mass is 16.6. The number of ether oxygens (including phenoxy) is 2. The second kappa shape index (κ2) is 8.30. The molecule has 1 heterocycles. The van der Waals surface area contributed by atoms with Crippen molar-refractivity contribution in [3.05, 3.63) is 18.1 Å². The van der Waals surface area contributed by atoms with Gasteiger partial charge >= 0.3 is 12.1 Å². The first-order valence-electron chi connectivity index (χ1n) is 7.36. The maximum atomic E-state index is 11.6. The predicted octanol–water partition coefficient (Wildman–Crippen LogP) is 1.98. The summed E-state index contributed by atoms with van der Waals surface area (Å²) < 4.78 is 9.75. The number of nitrogens with one attached hydrogen (secondary N) is 2. The van der Waals surface area contributed by atoms with Crippen LogP contribution >= 0.6 is 0 Å². The summed E-state index contributed by atoms with van der Waals surface area (Å²) in [6, 6.07) is 1.58. The van der Waals surface area contributed by atoms with E-state index < -0.39 is 17.7 Å². The molecule has 0 aliphatic heterocycles. The lowest BCUT2D eigenvalue weighted by Crippen LogP contribution is -2.38. The first-order valence-corrected chi connectivity index (χ1v) is 7.36. The van der Waals surface area contributed by atoms with E-state index in [0.717, 1.165) is 0 Å². The van der Waals surface area contributed by atoms with E-state index in [4.69, 9.17) is 4.74 Å². The van der Waals surface area contributed by atoms with Crippen LogP contribution in [0.5, 0.6) is 0 Å². The number of hydrogen-bond donors (Lipinski definition) is 2. The van der Waals surface area contributed by atoms with E-state index in [9.17, 15) is 9.59 Å². The molecule has 0 saturated carbocycles. The molecule has 23 heavy (non-hydrogen) atoms. The van der Waals surface area contributed by atoms with Crippen molar-refractivity contribution in [2.75, 3.05) is 19.0 Å². The van der Waals surface area contributed by atoms with Crippen LogP contribution in [0.15, 0.2) is 12.3 Å². The number of anilines is 1. The largest absolute Gasteiger partial charge is 0.463 e. The van der Waals surface area contributed by atoms with Gasteiger partial charge in [0.05, 0.1) is 7.11 Å². The molecule has 0 fully saturated rings. The minimum absolute atomic E-state index is 0.00238. The van der Waals surface area contributed by atoms with Gasteiger partial charge in [-0.2, -0.15) is 0 Å². The monoisotopic (exact) mass is 324 g/mol. The van der Waals surface area contributed by atoms with Gasteiger partial charge in [0.2, 0.25) is 5.82 Å². The highest BCUT2D eigenvalue weighted by molar-refractivity contribution is 5.85. The Morgan fingerprint density at radius 3 is 2.65 bits per heavy atom. The summed E-state index contributed by atoms with van der Waals surface area (Å²) >= 11 is 0. The Morgan fingerprint density at radius 2 is 2.04 bits per heavy atom. The summed E-state index contributed by atoms with van der Waals surface area (Å²) in [5.41, 5.74) is -0.521. The number of amides is 1. The molecule has 1 aromatic rings. The van der Waals surface area contributed by atoms with E-state index >= 15 is 0 Å². The number of aromatic nitrogens is 2. The summed E-state index contributed by atoms with van der Waals surface area (Å²) in [5, 5.41) is 5.82. The third-order valence-electron chi connectivity index (χ3n) is 2.67. The second-order valence-corrected chi connectivity index (χ2v) is 6.02. The average Bonchev–Trinajstić information content (AvgIpc) is 2.44. The van der Waals surface area contributed by atoms with Crippen molar-refractivity contribution in [3.63, 3.8) is 0 Å². The van der Waals surface area contributed by atoms with E-state index in [1.807, 2.05) is 27.7 Å². The van der Waals surface area contributed by atoms with Crippen molar-refractivity contribution in [2.45, 2.75) is 45.8 Å². The quantitative estimate of drug-likeness (QED) is 0.771. The number of esters is 1. The van der Waals surface area contributed by atoms with Crippen LogP contribution in [0.1, 0.15) is 44.7 Å². The molecular weight excluding hydrogens is 300 g/mol. The molecule has 0 saturated heterocycles. The van der Waals surface area contributed by atoms with Crippen molar-refractivity contribution in [1.29, 1.82) is 0 Å². The number of alkyl carbamates (subject to hydrolysis) is 1. The molecule has 1 amide bonds. The summed E-state index contributed by atoms with van der Waals surface area (Å²) in [4.78, 5) is 30.8. The van der Waals surface area contributed by atoms with Gasteiger partial charge in [-0.25, -0.2) is 19.6 Å². The van der Waals surface area contributed by atoms with Crippen molar-refractivity contribution in [1.82, 2.24) is 15.3 Å². The Kier molecular flexibility index (Phi) is 6.74. The molecule has 0 aliphatic carbocycles. The van der Waals surface area contributed by atoms with Gasteiger partial charge in [-0.05, 0) is 40.2 Å². The molecule has 128 valence electrons. The zero-order valence-corrected chi connectivity index (χ0v) is 14.2. The number of carbonyl (C=O) groups is 2. The molecule has 0 radical (unpaired) electrons. The third kappa shape index (κ3) is 7.44. The van der Waals surface area contributed by atoms with Gasteiger partial charge in [0.15, 0.2) is 0 Å². The van der Waals surface area contributed by atoms with Crippen LogP contribution in [0, 0.1) is 0 Å². The molecule has 0 aromatic carbocycles. The van der Waals surface area contributed by atoms with Gasteiger partial charge in [0.25, 0.3) is 0 Å². The summed E-state index contributed by atoms with van der Waals surface area (Å²) in [6.07, 6.45) is 1.70. The maximum absolute atomic E-state index is 11.6. The molecule has 0 bridgehead atoms. The molecule has 2 N–H and O–H groups in total. The Balaban J connectivity index is 2.39. The van der Waals surface area contributed by atoms with E-state index in [1.54, 1.807) is 6.07 Å². The first kappa shape index (κ1) is 18.7. The molecule has 1 atom stereocenters. The molecule has 0 aliphatic rings. The Bertz CT molecular complexity index is 543. The van der Waals surface area contributed by atoms with Crippen molar-refractivity contribution >= 4 is 17.9 Å². The Morgan fingerprint density at radius 1 is 1.35 bits per heavy atom. The van der Waals surface area contributed by atoms with Gasteiger partial charge in [-0.1, -0.05) is 0 Å². The van der Waals surface area contributed by atoms with Gasteiger partial charge in [-0.3, -0.25) is 0 Å². The first-order chi connectivity index (χ1) is 10.7. The van der Waals surface area contributed by atoms with Crippen LogP contribution in [0.2, 0.25) is 0 Å². The topological polar surface area (TPSA) is 102 Å². The smallest absolute Gasteiger partial charge is 0.407 e. The molecule has 8 nitrogen and oxygen atoms in total. The molecular formula is C15H24N4O4. The zero-order chi connectivity index (χ0) is 17.5. The summed E-state index contributed by atoms with van der Waals surface area (Å²) in [7, 11) is 1.27. The lowest BCUT2D eigenvalue weighted by atomic mass is 10.2. The molecule has 0 unspecified atom stereocenters. The Hall–Kier alpha value is -2.38. The number of nitrogens with zero attached hydrogens (tertiary/aromatic N) is 2. The molecule has 0 spiro atoms. The normalized spacial score (nSPS) is 12.2. The van der Waals surface area contributed by atoms with Crippen LogP contribution in [-0.2, 0) is 9.47 Å². The lowest BCUT2D eigenvalue weighted by Gasteiger charge is -2.22. The number of rotatable bonds is 6. The van der Waals surface area contributed by atoms with Gasteiger partial charge < -0.3 is 20.1 Å². The average molecular weight is 324 g/mol. The zero-order valence-electron chi connectivity index (χ0n) is 14.2. The predicted molar refractivity (Wildman–Crippen MR) is 85.3 cm³/mol. The van der Waals surface area contributed by atoms with Gasteiger partial charge in [0, 0.05) is 18.8 Å². The highest BCUT2D eigenvalue weighted by Crippen LogP contribution is 2.07. The van der Waals surface area contributed by atoms with E-state index in [0.29, 0.717) is 18.8 Å². The number of carbonyl (C=O) groups excluding carboxylic acids is 2. The fourth-order valence-corrected chi connectivity index (χ4v) is 1.64. The van der Waals surface area contributed by atoms with E-state index in [-0.39, 0.29) is 11.9 Å². The number of hydrogen-bond acceptors (Lipinski definition) is 7. The maximum Gasteiger partial charge on any atom is 0.407 e. The summed E-state index contributed by atoms with van der Waals surface area (Å²) in [5.74, 6) is -0.0732. The fraction of sp³-hybridized carbons (Fsp3) is 0.600. The third-order valence-corrected chi connectivity index (χ3v) is 2.67.